The fraction of sp³-hybridized carbons (Fsp3) is 0.182. The third kappa shape index (κ3) is 8.21. The molecule has 0 amide bonds. The fourth-order valence-electron chi connectivity index (χ4n) is 6.33. The van der Waals surface area contributed by atoms with E-state index >= 15 is 0 Å². The molecule has 6 rings (SSSR count). The largest absolute Gasteiger partial charge is 0.497 e. The second kappa shape index (κ2) is 16.0. The Morgan fingerprint density at radius 1 is 0.420 bits per heavy atom. The van der Waals surface area contributed by atoms with Gasteiger partial charge < -0.3 is 29.6 Å². The maximum atomic E-state index is 6.15. The summed E-state index contributed by atoms with van der Waals surface area (Å²) < 4.78 is 22.0. The summed E-state index contributed by atoms with van der Waals surface area (Å²) in [5.74, 6) is 3.35. The van der Waals surface area contributed by atoms with Crippen molar-refractivity contribution in [3.63, 3.8) is 0 Å². The van der Waals surface area contributed by atoms with Crippen LogP contribution in [0.15, 0.2) is 133 Å². The number of ether oxygens (including phenoxy) is 4. The molecule has 6 heteroatoms. The number of rotatable bonds is 14. The van der Waals surface area contributed by atoms with Gasteiger partial charge in [0.15, 0.2) is 0 Å². The first-order chi connectivity index (χ1) is 24.5. The molecular weight excluding hydrogens is 620 g/mol. The molecule has 0 saturated heterocycles. The van der Waals surface area contributed by atoms with E-state index in [0.29, 0.717) is 13.1 Å². The van der Waals surface area contributed by atoms with Crippen LogP contribution in [0.25, 0.3) is 11.1 Å². The first kappa shape index (κ1) is 34.0. The number of benzene rings is 6. The Labute approximate surface area is 295 Å². The molecule has 0 fully saturated rings. The van der Waals surface area contributed by atoms with Crippen LogP contribution in [-0.2, 0) is 25.9 Å². The van der Waals surface area contributed by atoms with Gasteiger partial charge in [0.25, 0.3) is 0 Å². The zero-order valence-corrected chi connectivity index (χ0v) is 29.2. The molecule has 6 nitrogen and oxygen atoms in total. The highest BCUT2D eigenvalue weighted by Gasteiger charge is 2.21. The Bertz CT molecular complexity index is 1920. The van der Waals surface area contributed by atoms with E-state index in [4.69, 9.17) is 24.7 Å². The summed E-state index contributed by atoms with van der Waals surface area (Å²) >= 11 is 0. The molecule has 2 N–H and O–H groups in total. The number of nitrogens with two attached hydrogens (primary N) is 1. The van der Waals surface area contributed by atoms with Crippen LogP contribution in [0.1, 0.15) is 33.4 Å². The molecule has 0 unspecified atom stereocenters. The van der Waals surface area contributed by atoms with Crippen molar-refractivity contribution in [3.05, 3.63) is 167 Å². The summed E-state index contributed by atoms with van der Waals surface area (Å²) in [5, 5.41) is 0. The van der Waals surface area contributed by atoms with Crippen LogP contribution in [-0.4, -0.2) is 28.4 Å². The van der Waals surface area contributed by atoms with Crippen LogP contribution in [0.2, 0.25) is 0 Å². The van der Waals surface area contributed by atoms with E-state index in [1.54, 1.807) is 28.4 Å². The second-order valence-electron chi connectivity index (χ2n) is 12.3. The van der Waals surface area contributed by atoms with Crippen LogP contribution in [0.5, 0.6) is 23.0 Å². The van der Waals surface area contributed by atoms with E-state index in [0.717, 1.165) is 47.1 Å². The lowest BCUT2D eigenvalue weighted by molar-refractivity contribution is 0.414. The summed E-state index contributed by atoms with van der Waals surface area (Å²) in [6.07, 6.45) is 1.47. The van der Waals surface area contributed by atoms with Gasteiger partial charge in [0.05, 0.1) is 28.4 Å². The Kier molecular flexibility index (Phi) is 10.9. The maximum absolute atomic E-state index is 6.15. The molecule has 0 aromatic heterocycles. The summed E-state index contributed by atoms with van der Waals surface area (Å²) in [7, 11) is 6.80. The highest BCUT2D eigenvalue weighted by molar-refractivity contribution is 5.76. The van der Waals surface area contributed by atoms with Gasteiger partial charge in [0.2, 0.25) is 0 Å². The minimum Gasteiger partial charge on any atom is -0.497 e. The molecule has 0 radical (unpaired) electrons. The summed E-state index contributed by atoms with van der Waals surface area (Å²) in [6, 6.07) is 46.2. The lowest BCUT2D eigenvalue weighted by Crippen LogP contribution is -2.24. The Morgan fingerprint density at radius 2 is 0.800 bits per heavy atom. The molecule has 254 valence electrons. The average Bonchev–Trinajstić information content (AvgIpc) is 3.16. The van der Waals surface area contributed by atoms with Gasteiger partial charge in [-0.1, -0.05) is 66.7 Å². The Hall–Kier alpha value is -5.88. The Balaban J connectivity index is 1.54. The smallest absolute Gasteiger partial charge is 0.118 e. The van der Waals surface area contributed by atoms with E-state index in [1.165, 1.54) is 44.6 Å². The van der Waals surface area contributed by atoms with Gasteiger partial charge in [-0.25, -0.2) is 0 Å². The van der Waals surface area contributed by atoms with Crippen LogP contribution in [0.3, 0.4) is 0 Å². The maximum Gasteiger partial charge on any atom is 0.118 e. The SMILES string of the molecule is COc1ccc(Cc2c(-c3ccc(N)cc3)ccc(N(Cc3ccc(OC)cc3)Cc3ccc(OC)cc3)c2Cc2ccc(OC)cc2)cc1. The molecule has 0 saturated carbocycles. The predicted octanol–water partition coefficient (Wildman–Crippen LogP) is 9.36. The number of methoxy groups -OCH3 is 4. The molecule has 0 aliphatic carbocycles. The van der Waals surface area contributed by atoms with Crippen LogP contribution >= 0.6 is 0 Å². The van der Waals surface area contributed by atoms with Crippen molar-refractivity contribution < 1.29 is 18.9 Å². The van der Waals surface area contributed by atoms with Crippen LogP contribution in [0, 0.1) is 0 Å². The van der Waals surface area contributed by atoms with E-state index in [9.17, 15) is 0 Å². The lowest BCUT2D eigenvalue weighted by atomic mass is 9.86. The van der Waals surface area contributed by atoms with Crippen molar-refractivity contribution in [1.29, 1.82) is 0 Å². The third-order valence-corrected chi connectivity index (χ3v) is 9.11. The molecule has 6 aromatic rings. The summed E-state index contributed by atoms with van der Waals surface area (Å²) in [6.45, 7) is 1.41. The second-order valence-corrected chi connectivity index (χ2v) is 12.3. The van der Waals surface area contributed by atoms with Gasteiger partial charge in [-0.2, -0.15) is 0 Å². The number of nitrogen functional groups attached to an aromatic ring is 1. The molecule has 0 spiro atoms. The first-order valence-electron chi connectivity index (χ1n) is 16.7. The number of hydrogen-bond acceptors (Lipinski definition) is 6. The quantitative estimate of drug-likeness (QED) is 0.117. The van der Waals surface area contributed by atoms with Gasteiger partial charge in [-0.15, -0.1) is 0 Å². The van der Waals surface area contributed by atoms with Crippen LogP contribution < -0.4 is 29.6 Å². The molecule has 0 heterocycles. The number of hydrogen-bond donors (Lipinski definition) is 1. The average molecular weight is 665 g/mol. The Morgan fingerprint density at radius 3 is 1.20 bits per heavy atom. The predicted molar refractivity (Wildman–Crippen MR) is 204 cm³/mol. The van der Waals surface area contributed by atoms with E-state index < -0.39 is 0 Å². The number of anilines is 2. The van der Waals surface area contributed by atoms with Gasteiger partial charge in [-0.05, 0) is 124 Å². The topological polar surface area (TPSA) is 66.2 Å². The van der Waals surface area contributed by atoms with Gasteiger partial charge in [0.1, 0.15) is 23.0 Å². The third-order valence-electron chi connectivity index (χ3n) is 9.11. The van der Waals surface area contributed by atoms with Crippen molar-refractivity contribution in [2.75, 3.05) is 39.1 Å². The van der Waals surface area contributed by atoms with Crippen molar-refractivity contribution >= 4 is 11.4 Å². The lowest BCUT2D eigenvalue weighted by Gasteiger charge is -2.30. The minimum absolute atomic E-state index is 0.703. The van der Waals surface area contributed by atoms with Crippen molar-refractivity contribution in [2.45, 2.75) is 25.9 Å². The molecule has 0 aliphatic rings. The highest BCUT2D eigenvalue weighted by Crippen LogP contribution is 2.38. The summed E-state index contributed by atoms with van der Waals surface area (Å²) in [5.41, 5.74) is 17.7. The van der Waals surface area contributed by atoms with Crippen molar-refractivity contribution in [2.24, 2.45) is 0 Å². The van der Waals surface area contributed by atoms with E-state index in [1.807, 2.05) is 60.7 Å². The van der Waals surface area contributed by atoms with Crippen LogP contribution in [0.4, 0.5) is 11.4 Å². The van der Waals surface area contributed by atoms with Gasteiger partial charge in [0, 0.05) is 24.5 Å². The minimum atomic E-state index is 0.703. The molecular formula is C44H44N2O4. The standard InChI is InChI=1S/C44H44N2O4/c1-47-37-17-5-31(6-18-37)27-42-41(35-13-15-36(45)16-14-35)25-26-44(43(42)28-32-7-19-38(48-2)20-8-32)46(29-33-9-21-39(49-3)22-10-33)30-34-11-23-40(50-4)24-12-34/h5-26H,27-30,45H2,1-4H3. The molecule has 6 aromatic carbocycles. The van der Waals surface area contributed by atoms with E-state index in [-0.39, 0.29) is 0 Å². The molecule has 0 atom stereocenters. The van der Waals surface area contributed by atoms with Gasteiger partial charge >= 0.3 is 0 Å². The molecule has 0 aliphatic heterocycles. The van der Waals surface area contributed by atoms with Crippen molar-refractivity contribution in [1.82, 2.24) is 0 Å². The van der Waals surface area contributed by atoms with Gasteiger partial charge in [-0.3, -0.25) is 0 Å². The highest BCUT2D eigenvalue weighted by atomic mass is 16.5. The zero-order chi connectivity index (χ0) is 34.9. The van der Waals surface area contributed by atoms with Crippen molar-refractivity contribution in [3.8, 4) is 34.1 Å². The first-order valence-corrected chi connectivity index (χ1v) is 16.7. The molecule has 50 heavy (non-hydrogen) atoms. The molecule has 0 bridgehead atoms. The monoisotopic (exact) mass is 664 g/mol. The number of nitrogens with zero attached hydrogens (tertiary/aromatic N) is 1. The normalized spacial score (nSPS) is 10.8. The zero-order valence-electron chi connectivity index (χ0n) is 29.2. The fourth-order valence-corrected chi connectivity index (χ4v) is 6.33. The summed E-state index contributed by atoms with van der Waals surface area (Å²) in [4.78, 5) is 2.48. The van der Waals surface area contributed by atoms with E-state index in [2.05, 4.69) is 77.7 Å².